The van der Waals surface area contributed by atoms with Crippen LogP contribution in [0.2, 0.25) is 0 Å². The van der Waals surface area contributed by atoms with Crippen molar-refractivity contribution >= 4 is 32.7 Å². The maximum atomic E-state index is 10.9. The predicted molar refractivity (Wildman–Crippen MR) is 62.7 cm³/mol. The van der Waals surface area contributed by atoms with Crippen molar-refractivity contribution in [2.24, 2.45) is 5.73 Å². The Kier molecular flexibility index (Phi) is 2.44. The molecule has 2 aromatic rings. The fraction of sp³-hybridized carbons (Fsp3) is 0.0909. The fourth-order valence-corrected chi connectivity index (χ4v) is 1.88. The SMILES string of the molecule is Cc1ccc2nc(C(N)=O)ccc2c1Br. The summed E-state index contributed by atoms with van der Waals surface area (Å²) >= 11 is 3.49. The van der Waals surface area contributed by atoms with Crippen LogP contribution in [-0.2, 0) is 0 Å². The molecule has 0 radical (unpaired) electrons. The minimum absolute atomic E-state index is 0.290. The van der Waals surface area contributed by atoms with Crippen LogP contribution < -0.4 is 5.73 Å². The number of amides is 1. The molecule has 2 rings (SSSR count). The number of rotatable bonds is 1. The monoisotopic (exact) mass is 264 g/mol. The quantitative estimate of drug-likeness (QED) is 0.860. The van der Waals surface area contributed by atoms with Crippen molar-refractivity contribution in [1.82, 2.24) is 4.98 Å². The zero-order valence-electron chi connectivity index (χ0n) is 8.12. The Morgan fingerprint density at radius 3 is 2.73 bits per heavy atom. The van der Waals surface area contributed by atoms with Crippen molar-refractivity contribution in [3.63, 3.8) is 0 Å². The molecular formula is C11H9BrN2O. The van der Waals surface area contributed by atoms with Gasteiger partial charge in [0.05, 0.1) is 5.52 Å². The van der Waals surface area contributed by atoms with Gasteiger partial charge in [0.25, 0.3) is 5.91 Å². The number of primary amides is 1. The summed E-state index contributed by atoms with van der Waals surface area (Å²) in [5.74, 6) is -0.506. The molecule has 0 saturated carbocycles. The van der Waals surface area contributed by atoms with Crippen molar-refractivity contribution in [3.8, 4) is 0 Å². The highest BCUT2D eigenvalue weighted by Gasteiger charge is 2.06. The van der Waals surface area contributed by atoms with Crippen LogP contribution in [0.5, 0.6) is 0 Å². The molecule has 0 aliphatic carbocycles. The van der Waals surface area contributed by atoms with Crippen LogP contribution >= 0.6 is 15.9 Å². The van der Waals surface area contributed by atoms with Crippen molar-refractivity contribution in [3.05, 3.63) is 40.0 Å². The Hall–Kier alpha value is -1.42. The molecule has 15 heavy (non-hydrogen) atoms. The number of aromatic nitrogens is 1. The summed E-state index contributed by atoms with van der Waals surface area (Å²) in [6.45, 7) is 2.01. The van der Waals surface area contributed by atoms with Crippen molar-refractivity contribution in [1.29, 1.82) is 0 Å². The molecule has 0 saturated heterocycles. The number of nitrogens with two attached hydrogens (primary N) is 1. The highest BCUT2D eigenvalue weighted by atomic mass is 79.9. The van der Waals surface area contributed by atoms with Gasteiger partial charge in [-0.3, -0.25) is 4.79 Å². The van der Waals surface area contributed by atoms with Crippen LogP contribution in [0.25, 0.3) is 10.9 Å². The highest BCUT2D eigenvalue weighted by molar-refractivity contribution is 9.10. The average molecular weight is 265 g/mol. The first-order valence-corrected chi connectivity index (χ1v) is 5.24. The van der Waals surface area contributed by atoms with Crippen LogP contribution in [0.1, 0.15) is 16.1 Å². The number of pyridine rings is 1. The van der Waals surface area contributed by atoms with Gasteiger partial charge >= 0.3 is 0 Å². The van der Waals surface area contributed by atoms with Gasteiger partial charge in [0.1, 0.15) is 5.69 Å². The van der Waals surface area contributed by atoms with E-state index in [2.05, 4.69) is 20.9 Å². The summed E-state index contributed by atoms with van der Waals surface area (Å²) in [7, 11) is 0. The molecule has 1 aromatic carbocycles. The van der Waals surface area contributed by atoms with Gasteiger partial charge in [-0.05, 0) is 46.6 Å². The molecule has 1 aromatic heterocycles. The molecule has 1 amide bonds. The van der Waals surface area contributed by atoms with E-state index in [9.17, 15) is 4.79 Å². The number of hydrogen-bond donors (Lipinski definition) is 1. The van der Waals surface area contributed by atoms with Crippen LogP contribution in [0, 0.1) is 6.92 Å². The maximum Gasteiger partial charge on any atom is 0.267 e. The summed E-state index contributed by atoms with van der Waals surface area (Å²) in [5, 5.41) is 0.986. The predicted octanol–water partition coefficient (Wildman–Crippen LogP) is 2.40. The van der Waals surface area contributed by atoms with Crippen LogP contribution in [0.15, 0.2) is 28.7 Å². The third-order valence-corrected chi connectivity index (χ3v) is 3.30. The third-order valence-electron chi connectivity index (χ3n) is 2.25. The van der Waals surface area contributed by atoms with Gasteiger partial charge in [-0.2, -0.15) is 0 Å². The van der Waals surface area contributed by atoms with E-state index < -0.39 is 5.91 Å². The third kappa shape index (κ3) is 1.72. The minimum atomic E-state index is -0.506. The number of aryl methyl sites for hydroxylation is 1. The number of halogens is 1. The molecule has 0 fully saturated rings. The molecule has 4 heteroatoms. The van der Waals surface area contributed by atoms with E-state index in [1.54, 1.807) is 6.07 Å². The number of carbonyl (C=O) groups is 1. The van der Waals surface area contributed by atoms with Crippen molar-refractivity contribution in [2.75, 3.05) is 0 Å². The first-order valence-electron chi connectivity index (χ1n) is 4.45. The van der Waals surface area contributed by atoms with E-state index in [1.807, 2.05) is 25.1 Å². The summed E-state index contributed by atoms with van der Waals surface area (Å²) in [6.07, 6.45) is 0. The molecule has 76 valence electrons. The van der Waals surface area contributed by atoms with Gasteiger partial charge in [0.2, 0.25) is 0 Å². The number of hydrogen-bond acceptors (Lipinski definition) is 2. The maximum absolute atomic E-state index is 10.9. The molecule has 0 bridgehead atoms. The molecule has 0 aliphatic heterocycles. The van der Waals surface area contributed by atoms with Gasteiger partial charge in [0, 0.05) is 9.86 Å². The number of carbonyl (C=O) groups excluding carboxylic acids is 1. The molecule has 0 spiro atoms. The highest BCUT2D eigenvalue weighted by Crippen LogP contribution is 2.26. The topological polar surface area (TPSA) is 56.0 Å². The molecule has 0 unspecified atom stereocenters. The normalized spacial score (nSPS) is 10.5. The average Bonchev–Trinajstić information content (AvgIpc) is 2.23. The van der Waals surface area contributed by atoms with E-state index in [-0.39, 0.29) is 0 Å². The Bertz CT molecular complexity index is 552. The summed E-state index contributed by atoms with van der Waals surface area (Å²) in [4.78, 5) is 15.1. The smallest absolute Gasteiger partial charge is 0.267 e. The first-order chi connectivity index (χ1) is 7.09. The molecule has 0 aliphatic rings. The second-order valence-electron chi connectivity index (χ2n) is 3.32. The van der Waals surface area contributed by atoms with Gasteiger partial charge < -0.3 is 5.73 Å². The van der Waals surface area contributed by atoms with Crippen LogP contribution in [-0.4, -0.2) is 10.9 Å². The molecule has 3 nitrogen and oxygen atoms in total. The van der Waals surface area contributed by atoms with Crippen molar-refractivity contribution in [2.45, 2.75) is 6.92 Å². The zero-order valence-corrected chi connectivity index (χ0v) is 9.71. The lowest BCUT2D eigenvalue weighted by Crippen LogP contribution is -2.12. The summed E-state index contributed by atoms with van der Waals surface area (Å²) < 4.78 is 1.00. The van der Waals surface area contributed by atoms with Gasteiger partial charge in [0.15, 0.2) is 0 Å². The zero-order chi connectivity index (χ0) is 11.0. The molecule has 0 atom stereocenters. The molecule has 2 N–H and O–H groups in total. The van der Waals surface area contributed by atoms with Crippen LogP contribution in [0.3, 0.4) is 0 Å². The van der Waals surface area contributed by atoms with Crippen LogP contribution in [0.4, 0.5) is 0 Å². The fourth-order valence-electron chi connectivity index (χ4n) is 1.41. The number of fused-ring (bicyclic) bond motifs is 1. The second kappa shape index (κ2) is 3.62. The number of nitrogens with zero attached hydrogens (tertiary/aromatic N) is 1. The van der Waals surface area contributed by atoms with E-state index in [0.29, 0.717) is 5.69 Å². The lowest BCUT2D eigenvalue weighted by Gasteiger charge is -2.04. The Balaban J connectivity index is 2.75. The van der Waals surface area contributed by atoms with E-state index in [0.717, 1.165) is 20.9 Å². The van der Waals surface area contributed by atoms with Crippen molar-refractivity contribution < 1.29 is 4.79 Å². The Morgan fingerprint density at radius 2 is 2.07 bits per heavy atom. The Labute approximate surface area is 95.4 Å². The van der Waals surface area contributed by atoms with Gasteiger partial charge in [-0.1, -0.05) is 6.07 Å². The standard InChI is InChI=1S/C11H9BrN2O/c1-6-2-4-8-7(10(6)12)3-5-9(14-8)11(13)15/h2-5H,1H3,(H2,13,15). The van der Waals surface area contributed by atoms with Gasteiger partial charge in [-0.15, -0.1) is 0 Å². The first kappa shape index (κ1) is 10.1. The lowest BCUT2D eigenvalue weighted by atomic mass is 10.1. The van der Waals surface area contributed by atoms with E-state index in [1.165, 1.54) is 0 Å². The molecule has 1 heterocycles. The largest absolute Gasteiger partial charge is 0.364 e. The number of benzene rings is 1. The molecular weight excluding hydrogens is 256 g/mol. The summed E-state index contributed by atoms with van der Waals surface area (Å²) in [6, 6.07) is 7.31. The lowest BCUT2D eigenvalue weighted by molar-refractivity contribution is 0.0996. The van der Waals surface area contributed by atoms with Gasteiger partial charge in [-0.25, -0.2) is 4.98 Å². The van der Waals surface area contributed by atoms with E-state index >= 15 is 0 Å². The summed E-state index contributed by atoms with van der Waals surface area (Å²) in [5.41, 5.74) is 7.35. The Morgan fingerprint density at radius 1 is 1.33 bits per heavy atom. The minimum Gasteiger partial charge on any atom is -0.364 e. The second-order valence-corrected chi connectivity index (χ2v) is 4.12. The van der Waals surface area contributed by atoms with E-state index in [4.69, 9.17) is 5.73 Å².